The molecule has 1 aliphatic carbocycles. The van der Waals surface area contributed by atoms with Crippen molar-refractivity contribution in [2.24, 2.45) is 0 Å². The largest absolute Gasteiger partial charge is 0.390 e. The molecule has 2 nitrogen and oxygen atoms in total. The Morgan fingerprint density at radius 3 is 2.50 bits per heavy atom. The highest BCUT2D eigenvalue weighted by molar-refractivity contribution is 4.79. The summed E-state index contributed by atoms with van der Waals surface area (Å²) in [7, 11) is 0. The predicted octanol–water partition coefficient (Wildman–Crippen LogP) is 2.46. The van der Waals surface area contributed by atoms with Crippen molar-refractivity contribution in [1.82, 2.24) is 5.32 Å². The zero-order chi connectivity index (χ0) is 10.6. The normalized spacial score (nSPS) is 20.6. The first-order chi connectivity index (χ1) is 6.47. The summed E-state index contributed by atoms with van der Waals surface area (Å²) in [6.45, 7) is 6.02. The predicted molar refractivity (Wildman–Crippen MR) is 60.4 cm³/mol. The molecular weight excluding hydrogens is 174 g/mol. The SMILES string of the molecule is CC(CCCC(C)(C)O)NC1CCC1. The van der Waals surface area contributed by atoms with Crippen molar-refractivity contribution >= 4 is 0 Å². The van der Waals surface area contributed by atoms with Crippen LogP contribution in [0.15, 0.2) is 0 Å². The molecule has 1 aliphatic rings. The highest BCUT2D eigenvalue weighted by Gasteiger charge is 2.19. The Bertz CT molecular complexity index is 158. The smallest absolute Gasteiger partial charge is 0.0591 e. The maximum absolute atomic E-state index is 9.55. The molecule has 2 heteroatoms. The van der Waals surface area contributed by atoms with Crippen LogP contribution in [0.25, 0.3) is 0 Å². The first-order valence-corrected chi connectivity index (χ1v) is 5.96. The Labute approximate surface area is 88.1 Å². The van der Waals surface area contributed by atoms with Gasteiger partial charge in [0.15, 0.2) is 0 Å². The molecule has 1 atom stereocenters. The van der Waals surface area contributed by atoms with E-state index in [4.69, 9.17) is 0 Å². The minimum absolute atomic E-state index is 0.490. The van der Waals surface area contributed by atoms with Crippen LogP contribution in [-0.4, -0.2) is 22.8 Å². The molecule has 0 amide bonds. The van der Waals surface area contributed by atoms with Crippen LogP contribution in [0.4, 0.5) is 0 Å². The highest BCUT2D eigenvalue weighted by Crippen LogP contribution is 2.20. The maximum Gasteiger partial charge on any atom is 0.0591 e. The fraction of sp³-hybridized carbons (Fsp3) is 1.00. The van der Waals surface area contributed by atoms with Crippen molar-refractivity contribution in [1.29, 1.82) is 0 Å². The Morgan fingerprint density at radius 2 is 2.07 bits per heavy atom. The first-order valence-electron chi connectivity index (χ1n) is 5.96. The molecule has 1 saturated carbocycles. The van der Waals surface area contributed by atoms with Gasteiger partial charge in [-0.25, -0.2) is 0 Å². The number of aliphatic hydroxyl groups is 1. The van der Waals surface area contributed by atoms with Crippen LogP contribution in [0.2, 0.25) is 0 Å². The lowest BCUT2D eigenvalue weighted by atomic mass is 9.91. The summed E-state index contributed by atoms with van der Waals surface area (Å²) in [6.07, 6.45) is 7.31. The van der Waals surface area contributed by atoms with Crippen LogP contribution in [-0.2, 0) is 0 Å². The van der Waals surface area contributed by atoms with E-state index in [1.165, 1.54) is 25.7 Å². The summed E-state index contributed by atoms with van der Waals surface area (Å²) in [4.78, 5) is 0. The topological polar surface area (TPSA) is 32.3 Å². The van der Waals surface area contributed by atoms with Crippen LogP contribution < -0.4 is 5.32 Å². The summed E-state index contributed by atoms with van der Waals surface area (Å²) in [5, 5.41) is 13.2. The van der Waals surface area contributed by atoms with E-state index in [0.29, 0.717) is 6.04 Å². The fourth-order valence-electron chi connectivity index (χ4n) is 1.90. The summed E-state index contributed by atoms with van der Waals surface area (Å²) in [5.41, 5.74) is -0.490. The molecule has 0 aromatic heterocycles. The Balaban J connectivity index is 1.99. The van der Waals surface area contributed by atoms with Gasteiger partial charge in [-0.05, 0) is 52.9 Å². The van der Waals surface area contributed by atoms with Crippen molar-refractivity contribution in [3.63, 3.8) is 0 Å². The van der Waals surface area contributed by atoms with Gasteiger partial charge in [-0.3, -0.25) is 0 Å². The van der Waals surface area contributed by atoms with Gasteiger partial charge in [0.25, 0.3) is 0 Å². The third-order valence-corrected chi connectivity index (χ3v) is 3.05. The van der Waals surface area contributed by atoms with Crippen LogP contribution >= 0.6 is 0 Å². The van der Waals surface area contributed by atoms with Gasteiger partial charge in [-0.15, -0.1) is 0 Å². The third-order valence-electron chi connectivity index (χ3n) is 3.05. The van der Waals surface area contributed by atoms with E-state index in [1.807, 2.05) is 13.8 Å². The molecule has 0 bridgehead atoms. The molecule has 1 unspecified atom stereocenters. The maximum atomic E-state index is 9.55. The molecule has 0 saturated heterocycles. The molecule has 1 rings (SSSR count). The monoisotopic (exact) mass is 199 g/mol. The lowest BCUT2D eigenvalue weighted by molar-refractivity contribution is 0.0672. The second-order valence-electron chi connectivity index (χ2n) is 5.40. The summed E-state index contributed by atoms with van der Waals surface area (Å²) in [6, 6.07) is 1.40. The van der Waals surface area contributed by atoms with Crippen LogP contribution in [0.1, 0.15) is 59.3 Å². The zero-order valence-electron chi connectivity index (χ0n) is 9.84. The Morgan fingerprint density at radius 1 is 1.43 bits per heavy atom. The van der Waals surface area contributed by atoms with E-state index in [2.05, 4.69) is 12.2 Å². The molecule has 0 aromatic rings. The molecule has 0 radical (unpaired) electrons. The molecular formula is C12H25NO. The van der Waals surface area contributed by atoms with Gasteiger partial charge in [0.05, 0.1) is 5.60 Å². The van der Waals surface area contributed by atoms with Crippen LogP contribution in [0.5, 0.6) is 0 Å². The molecule has 0 spiro atoms. The lowest BCUT2D eigenvalue weighted by Gasteiger charge is -2.30. The average Bonchev–Trinajstić information content (AvgIpc) is 1.94. The van der Waals surface area contributed by atoms with Crippen molar-refractivity contribution in [3.05, 3.63) is 0 Å². The van der Waals surface area contributed by atoms with E-state index >= 15 is 0 Å². The summed E-state index contributed by atoms with van der Waals surface area (Å²) >= 11 is 0. The van der Waals surface area contributed by atoms with Crippen LogP contribution in [0, 0.1) is 0 Å². The standard InChI is InChI=1S/C12H25NO/c1-10(13-11-7-4-8-11)6-5-9-12(2,3)14/h10-11,13-14H,4-9H2,1-3H3. The molecule has 2 N–H and O–H groups in total. The van der Waals surface area contributed by atoms with E-state index in [9.17, 15) is 5.11 Å². The second kappa shape index (κ2) is 5.13. The summed E-state index contributed by atoms with van der Waals surface area (Å²) < 4.78 is 0. The van der Waals surface area contributed by atoms with Crippen molar-refractivity contribution in [2.45, 2.75) is 77.0 Å². The highest BCUT2D eigenvalue weighted by atomic mass is 16.3. The molecule has 0 heterocycles. The number of hydrogen-bond acceptors (Lipinski definition) is 2. The summed E-state index contributed by atoms with van der Waals surface area (Å²) in [5.74, 6) is 0. The minimum Gasteiger partial charge on any atom is -0.390 e. The second-order valence-corrected chi connectivity index (χ2v) is 5.40. The Hall–Kier alpha value is -0.0800. The molecule has 0 aromatic carbocycles. The minimum atomic E-state index is -0.490. The first kappa shape index (κ1) is 12.0. The van der Waals surface area contributed by atoms with Gasteiger partial charge >= 0.3 is 0 Å². The van der Waals surface area contributed by atoms with E-state index < -0.39 is 5.60 Å². The van der Waals surface area contributed by atoms with Gasteiger partial charge in [0.2, 0.25) is 0 Å². The molecule has 0 aliphatic heterocycles. The molecule has 84 valence electrons. The van der Waals surface area contributed by atoms with Crippen molar-refractivity contribution in [3.8, 4) is 0 Å². The molecule has 1 fully saturated rings. The zero-order valence-corrected chi connectivity index (χ0v) is 9.84. The van der Waals surface area contributed by atoms with Gasteiger partial charge in [0.1, 0.15) is 0 Å². The van der Waals surface area contributed by atoms with Gasteiger partial charge in [-0.2, -0.15) is 0 Å². The lowest BCUT2D eigenvalue weighted by Crippen LogP contribution is -2.41. The van der Waals surface area contributed by atoms with Crippen LogP contribution in [0.3, 0.4) is 0 Å². The Kier molecular flexibility index (Phi) is 4.39. The van der Waals surface area contributed by atoms with Gasteiger partial charge in [0, 0.05) is 12.1 Å². The van der Waals surface area contributed by atoms with E-state index in [1.54, 1.807) is 0 Å². The fourth-order valence-corrected chi connectivity index (χ4v) is 1.90. The number of rotatable bonds is 6. The van der Waals surface area contributed by atoms with Gasteiger partial charge < -0.3 is 10.4 Å². The van der Waals surface area contributed by atoms with Gasteiger partial charge in [-0.1, -0.05) is 6.42 Å². The average molecular weight is 199 g/mol. The van der Waals surface area contributed by atoms with Crippen molar-refractivity contribution < 1.29 is 5.11 Å². The third kappa shape index (κ3) is 4.97. The van der Waals surface area contributed by atoms with E-state index in [-0.39, 0.29) is 0 Å². The van der Waals surface area contributed by atoms with Crippen molar-refractivity contribution in [2.75, 3.05) is 0 Å². The quantitative estimate of drug-likeness (QED) is 0.688. The van der Waals surface area contributed by atoms with E-state index in [0.717, 1.165) is 18.9 Å². The number of hydrogen-bond donors (Lipinski definition) is 2. The molecule has 14 heavy (non-hydrogen) atoms. The number of nitrogens with one attached hydrogen (secondary N) is 1.